The molecule has 2 unspecified atom stereocenters. The van der Waals surface area contributed by atoms with Crippen LogP contribution in [0.2, 0.25) is 0 Å². The fourth-order valence-electron chi connectivity index (χ4n) is 4.39. The second-order valence-corrected chi connectivity index (χ2v) is 8.15. The Bertz CT molecular complexity index is 403. The van der Waals surface area contributed by atoms with Gasteiger partial charge in [0.05, 0.1) is 0 Å². The zero-order valence-electron chi connectivity index (χ0n) is 15.2. The minimum atomic E-state index is 0.157. The molecule has 132 valence electrons. The number of carbonyl (C=O) groups excluding carboxylic acids is 1. The minimum Gasteiger partial charge on any atom is -0.338 e. The number of likely N-dealkylation sites (tertiary alicyclic amines) is 1. The van der Waals surface area contributed by atoms with Crippen LogP contribution in [0.1, 0.15) is 33.6 Å². The molecule has 2 amide bonds. The third-order valence-electron chi connectivity index (χ3n) is 6.50. The molecule has 23 heavy (non-hydrogen) atoms. The Morgan fingerprint density at radius 3 is 2.26 bits per heavy atom. The number of rotatable bonds is 6. The maximum absolute atomic E-state index is 12.2. The molecule has 5 nitrogen and oxygen atoms in total. The number of fused-ring (bicyclic) bond motifs is 1. The van der Waals surface area contributed by atoms with Gasteiger partial charge in [0.2, 0.25) is 0 Å². The van der Waals surface area contributed by atoms with Gasteiger partial charge < -0.3 is 20.0 Å². The van der Waals surface area contributed by atoms with Crippen LogP contribution in [0.25, 0.3) is 0 Å². The van der Waals surface area contributed by atoms with Gasteiger partial charge in [0.15, 0.2) is 0 Å². The van der Waals surface area contributed by atoms with E-state index in [-0.39, 0.29) is 6.03 Å². The second kappa shape index (κ2) is 6.98. The average Bonchev–Trinajstić information content (AvgIpc) is 2.93. The summed E-state index contributed by atoms with van der Waals surface area (Å²) in [5.74, 6) is 1.49. The third kappa shape index (κ3) is 3.82. The highest BCUT2D eigenvalue weighted by atomic mass is 16.2. The van der Waals surface area contributed by atoms with Crippen molar-refractivity contribution in [1.82, 2.24) is 20.0 Å². The van der Waals surface area contributed by atoms with Crippen LogP contribution in [0, 0.1) is 17.3 Å². The summed E-state index contributed by atoms with van der Waals surface area (Å²) in [7, 11) is 0. The van der Waals surface area contributed by atoms with E-state index in [2.05, 4.69) is 35.9 Å². The van der Waals surface area contributed by atoms with Crippen molar-refractivity contribution in [1.29, 1.82) is 0 Å². The molecule has 1 saturated carbocycles. The lowest BCUT2D eigenvalue weighted by Crippen LogP contribution is -2.46. The Morgan fingerprint density at radius 1 is 1.04 bits per heavy atom. The molecule has 0 radical (unpaired) electrons. The van der Waals surface area contributed by atoms with E-state index in [0.29, 0.717) is 5.41 Å². The number of hydrogen-bond donors (Lipinski definition) is 1. The molecule has 1 aliphatic carbocycles. The van der Waals surface area contributed by atoms with E-state index in [4.69, 9.17) is 0 Å². The summed E-state index contributed by atoms with van der Waals surface area (Å²) >= 11 is 0. The number of likely N-dealkylation sites (N-methyl/N-ethyl adjacent to an activating group) is 1. The molecule has 0 bridgehead atoms. The summed E-state index contributed by atoms with van der Waals surface area (Å²) in [6.45, 7) is 16.8. The fourth-order valence-corrected chi connectivity index (χ4v) is 4.39. The summed E-state index contributed by atoms with van der Waals surface area (Å²) in [5.41, 5.74) is 0.485. The number of piperazine rings is 1. The number of amides is 2. The van der Waals surface area contributed by atoms with E-state index in [0.717, 1.165) is 37.9 Å². The molecule has 2 atom stereocenters. The van der Waals surface area contributed by atoms with Gasteiger partial charge in [0.25, 0.3) is 0 Å². The van der Waals surface area contributed by atoms with Gasteiger partial charge in [-0.2, -0.15) is 0 Å². The lowest BCUT2D eigenvalue weighted by molar-refractivity contribution is 0.135. The Hall–Kier alpha value is -0.810. The summed E-state index contributed by atoms with van der Waals surface area (Å²) < 4.78 is 0. The molecule has 2 aliphatic heterocycles. The Kier molecular flexibility index (Phi) is 5.16. The molecule has 2 heterocycles. The Labute approximate surface area is 141 Å². The van der Waals surface area contributed by atoms with E-state index in [1.54, 1.807) is 0 Å². The SMILES string of the molecule is CCN1CCN(CCCCNC(=O)N2CC3C(C2)C3(C)C)CC1. The number of piperidine rings is 1. The van der Waals surface area contributed by atoms with E-state index >= 15 is 0 Å². The summed E-state index contributed by atoms with van der Waals surface area (Å²) in [4.78, 5) is 19.2. The Balaban J connectivity index is 1.22. The number of nitrogens with one attached hydrogen (secondary N) is 1. The van der Waals surface area contributed by atoms with Crippen molar-refractivity contribution in [3.8, 4) is 0 Å². The minimum absolute atomic E-state index is 0.157. The second-order valence-electron chi connectivity index (χ2n) is 8.15. The first kappa shape index (κ1) is 17.0. The summed E-state index contributed by atoms with van der Waals surface area (Å²) in [6.07, 6.45) is 2.27. The normalized spacial score (nSPS) is 30.3. The standard InChI is InChI=1S/C18H34N4O/c1-4-20-9-11-21(12-10-20)8-6-5-7-19-17(23)22-13-15-16(14-22)18(15,2)3/h15-16H,4-14H2,1-3H3,(H,19,23). The van der Waals surface area contributed by atoms with Crippen LogP contribution in [0.4, 0.5) is 4.79 Å². The predicted octanol–water partition coefficient (Wildman–Crippen LogP) is 1.70. The van der Waals surface area contributed by atoms with Crippen molar-refractivity contribution in [2.24, 2.45) is 17.3 Å². The van der Waals surface area contributed by atoms with Gasteiger partial charge in [-0.3, -0.25) is 0 Å². The van der Waals surface area contributed by atoms with E-state index in [1.807, 2.05) is 4.90 Å². The highest BCUT2D eigenvalue weighted by Gasteiger charge is 2.62. The number of carbonyl (C=O) groups is 1. The molecule has 5 heteroatoms. The largest absolute Gasteiger partial charge is 0.338 e. The van der Waals surface area contributed by atoms with Crippen LogP contribution in [0.5, 0.6) is 0 Å². The van der Waals surface area contributed by atoms with Gasteiger partial charge in [-0.05, 0) is 43.2 Å². The molecular weight excluding hydrogens is 288 g/mol. The monoisotopic (exact) mass is 322 g/mol. The first-order valence-corrected chi connectivity index (χ1v) is 9.50. The van der Waals surface area contributed by atoms with Crippen LogP contribution < -0.4 is 5.32 Å². The maximum Gasteiger partial charge on any atom is 0.317 e. The van der Waals surface area contributed by atoms with Crippen LogP contribution in [0.15, 0.2) is 0 Å². The van der Waals surface area contributed by atoms with Crippen LogP contribution in [0.3, 0.4) is 0 Å². The number of urea groups is 1. The smallest absolute Gasteiger partial charge is 0.317 e. The van der Waals surface area contributed by atoms with Crippen molar-refractivity contribution in [3.63, 3.8) is 0 Å². The van der Waals surface area contributed by atoms with E-state index in [9.17, 15) is 4.79 Å². The predicted molar refractivity (Wildman–Crippen MR) is 93.5 cm³/mol. The van der Waals surface area contributed by atoms with Gasteiger partial charge in [0, 0.05) is 45.8 Å². The fraction of sp³-hybridized carbons (Fsp3) is 0.944. The molecule has 2 saturated heterocycles. The van der Waals surface area contributed by atoms with Crippen molar-refractivity contribution >= 4 is 6.03 Å². The van der Waals surface area contributed by atoms with Gasteiger partial charge in [-0.25, -0.2) is 4.79 Å². The first-order chi connectivity index (χ1) is 11.0. The highest BCUT2D eigenvalue weighted by Crippen LogP contribution is 2.61. The molecular formula is C18H34N4O. The molecule has 0 aromatic heterocycles. The average molecular weight is 322 g/mol. The van der Waals surface area contributed by atoms with Crippen LogP contribution in [-0.4, -0.2) is 79.6 Å². The number of nitrogens with zero attached hydrogens (tertiary/aromatic N) is 3. The van der Waals surface area contributed by atoms with Crippen molar-refractivity contribution < 1.29 is 4.79 Å². The van der Waals surface area contributed by atoms with E-state index < -0.39 is 0 Å². The van der Waals surface area contributed by atoms with Gasteiger partial charge in [-0.1, -0.05) is 20.8 Å². The van der Waals surface area contributed by atoms with Gasteiger partial charge >= 0.3 is 6.03 Å². The summed E-state index contributed by atoms with van der Waals surface area (Å²) in [6, 6.07) is 0.157. The zero-order valence-corrected chi connectivity index (χ0v) is 15.2. The molecule has 0 aromatic carbocycles. The molecule has 3 fully saturated rings. The highest BCUT2D eigenvalue weighted by molar-refractivity contribution is 5.74. The van der Waals surface area contributed by atoms with Gasteiger partial charge in [0.1, 0.15) is 0 Å². The maximum atomic E-state index is 12.2. The van der Waals surface area contributed by atoms with Crippen molar-refractivity contribution in [2.45, 2.75) is 33.6 Å². The first-order valence-electron chi connectivity index (χ1n) is 9.50. The van der Waals surface area contributed by atoms with Crippen LogP contribution in [-0.2, 0) is 0 Å². The molecule has 1 N–H and O–H groups in total. The zero-order chi connectivity index (χ0) is 16.4. The van der Waals surface area contributed by atoms with Gasteiger partial charge in [-0.15, -0.1) is 0 Å². The quantitative estimate of drug-likeness (QED) is 0.757. The lowest BCUT2D eigenvalue weighted by atomic mass is 10.1. The Morgan fingerprint density at radius 2 is 1.65 bits per heavy atom. The van der Waals surface area contributed by atoms with Crippen molar-refractivity contribution in [3.05, 3.63) is 0 Å². The summed E-state index contributed by atoms with van der Waals surface area (Å²) in [5, 5.41) is 3.11. The number of hydrogen-bond acceptors (Lipinski definition) is 3. The number of unbranched alkanes of at least 4 members (excludes halogenated alkanes) is 1. The molecule has 0 aromatic rings. The van der Waals surface area contributed by atoms with Crippen LogP contribution >= 0.6 is 0 Å². The molecule has 0 spiro atoms. The topological polar surface area (TPSA) is 38.8 Å². The van der Waals surface area contributed by atoms with E-state index in [1.165, 1.54) is 45.7 Å². The third-order valence-corrected chi connectivity index (χ3v) is 6.50. The molecule has 3 aliphatic rings. The molecule has 3 rings (SSSR count). The van der Waals surface area contributed by atoms with Crippen molar-refractivity contribution in [2.75, 3.05) is 58.9 Å². The lowest BCUT2D eigenvalue weighted by Gasteiger charge is -2.34.